The van der Waals surface area contributed by atoms with Gasteiger partial charge < -0.3 is 15.3 Å². The van der Waals surface area contributed by atoms with Crippen LogP contribution in [-0.2, 0) is 14.4 Å². The molecule has 0 aliphatic rings. The quantitative estimate of drug-likeness (QED) is 0.646. The first kappa shape index (κ1) is 21.9. The lowest BCUT2D eigenvalue weighted by molar-refractivity contribution is -0.137. The molecule has 1 aromatic rings. The van der Waals surface area contributed by atoms with Crippen molar-refractivity contribution < 1.29 is 23.9 Å². The van der Waals surface area contributed by atoms with Crippen LogP contribution in [0.2, 0.25) is 5.02 Å². The van der Waals surface area contributed by atoms with Gasteiger partial charge in [-0.15, -0.1) is 0 Å². The molecule has 144 valence electrons. The molecule has 2 N–H and O–H groups in total. The summed E-state index contributed by atoms with van der Waals surface area (Å²) in [6, 6.07) is 3.03. The molecule has 1 aromatic carbocycles. The molecule has 6 nitrogen and oxygen atoms in total. The van der Waals surface area contributed by atoms with E-state index in [4.69, 9.17) is 16.7 Å². The van der Waals surface area contributed by atoms with Gasteiger partial charge in [-0.25, -0.2) is 4.39 Å². The third-order valence-electron chi connectivity index (χ3n) is 3.97. The summed E-state index contributed by atoms with van der Waals surface area (Å²) < 4.78 is 13.6. The van der Waals surface area contributed by atoms with Gasteiger partial charge in [-0.05, 0) is 38.0 Å². The van der Waals surface area contributed by atoms with E-state index in [1.807, 2.05) is 13.8 Å². The second-order valence-electron chi connectivity index (χ2n) is 5.81. The molecule has 0 aliphatic carbocycles. The Balaban J connectivity index is 2.64. The van der Waals surface area contributed by atoms with Gasteiger partial charge in [0.1, 0.15) is 5.82 Å². The molecular formula is C18H24ClFN2O4. The molecule has 0 aliphatic heterocycles. The van der Waals surface area contributed by atoms with Crippen molar-refractivity contribution in [2.75, 3.05) is 13.1 Å². The minimum atomic E-state index is -1.12. The predicted octanol–water partition coefficient (Wildman–Crippen LogP) is 3.15. The number of nitrogens with zero attached hydrogens (tertiary/aromatic N) is 1. The number of amides is 2. The number of rotatable bonds is 10. The summed E-state index contributed by atoms with van der Waals surface area (Å²) in [7, 11) is 0. The van der Waals surface area contributed by atoms with Gasteiger partial charge in [0, 0.05) is 25.9 Å². The summed E-state index contributed by atoms with van der Waals surface area (Å²) in [5.41, 5.74) is 0.321. The Morgan fingerprint density at radius 1 is 1.23 bits per heavy atom. The first-order chi connectivity index (χ1) is 12.3. The van der Waals surface area contributed by atoms with E-state index < -0.39 is 17.8 Å². The number of halogens is 2. The molecule has 0 radical (unpaired) electrons. The van der Waals surface area contributed by atoms with E-state index in [1.54, 1.807) is 4.90 Å². The zero-order valence-corrected chi connectivity index (χ0v) is 15.7. The number of carbonyl (C=O) groups excluding carboxylic acids is 2. The second-order valence-corrected chi connectivity index (χ2v) is 6.22. The largest absolute Gasteiger partial charge is 0.481 e. The van der Waals surface area contributed by atoms with Crippen LogP contribution < -0.4 is 5.32 Å². The molecule has 1 rings (SSSR count). The molecule has 0 saturated heterocycles. The maximum atomic E-state index is 13.6. The highest BCUT2D eigenvalue weighted by Crippen LogP contribution is 2.22. The molecule has 0 spiro atoms. The van der Waals surface area contributed by atoms with Crippen molar-refractivity contribution >= 4 is 29.4 Å². The number of hydrogen-bond acceptors (Lipinski definition) is 3. The van der Waals surface area contributed by atoms with Crippen molar-refractivity contribution in [1.82, 2.24) is 10.2 Å². The van der Waals surface area contributed by atoms with Gasteiger partial charge in [0.15, 0.2) is 0 Å². The van der Waals surface area contributed by atoms with Gasteiger partial charge in [0.2, 0.25) is 11.8 Å². The molecule has 26 heavy (non-hydrogen) atoms. The van der Waals surface area contributed by atoms with Gasteiger partial charge in [-0.1, -0.05) is 17.7 Å². The van der Waals surface area contributed by atoms with E-state index in [-0.39, 0.29) is 36.1 Å². The summed E-state index contributed by atoms with van der Waals surface area (Å²) >= 11 is 5.63. The smallest absolute Gasteiger partial charge is 0.305 e. The number of carbonyl (C=O) groups is 3. The SMILES string of the molecule is CCN(CC)C(=O)CCCC(=O)NC(CC(=O)O)c1ccc(Cl)c(F)c1. The molecule has 0 saturated carbocycles. The maximum absolute atomic E-state index is 13.6. The minimum Gasteiger partial charge on any atom is -0.481 e. The van der Waals surface area contributed by atoms with Crippen molar-refractivity contribution in [2.24, 2.45) is 0 Å². The lowest BCUT2D eigenvalue weighted by Crippen LogP contribution is -2.32. The first-order valence-electron chi connectivity index (χ1n) is 8.52. The minimum absolute atomic E-state index is 0.0235. The van der Waals surface area contributed by atoms with Crippen LogP contribution in [0.5, 0.6) is 0 Å². The second kappa shape index (κ2) is 10.8. The number of aliphatic carboxylic acids is 1. The van der Waals surface area contributed by atoms with E-state index in [2.05, 4.69) is 5.32 Å². The van der Waals surface area contributed by atoms with E-state index in [0.717, 1.165) is 6.07 Å². The summed E-state index contributed by atoms with van der Waals surface area (Å²) in [6.07, 6.45) is 0.300. The average Bonchev–Trinajstić information content (AvgIpc) is 2.57. The highest BCUT2D eigenvalue weighted by molar-refractivity contribution is 6.30. The number of nitrogens with one attached hydrogen (secondary N) is 1. The standard InChI is InChI=1S/C18H24ClFN2O4/c1-3-22(4-2)17(24)7-5-6-16(23)21-15(11-18(25)26)12-8-9-13(19)14(20)10-12/h8-10,15H,3-7,11H2,1-2H3,(H,21,23)(H,25,26). The number of carboxylic acids is 1. The van der Waals surface area contributed by atoms with Crippen LogP contribution >= 0.6 is 11.6 Å². The molecule has 0 heterocycles. The Hall–Kier alpha value is -2.15. The van der Waals surface area contributed by atoms with Crippen molar-refractivity contribution in [3.63, 3.8) is 0 Å². The van der Waals surface area contributed by atoms with Crippen LogP contribution in [0.1, 0.15) is 51.1 Å². The Morgan fingerprint density at radius 2 is 1.88 bits per heavy atom. The monoisotopic (exact) mass is 386 g/mol. The fraction of sp³-hybridized carbons (Fsp3) is 0.500. The maximum Gasteiger partial charge on any atom is 0.305 e. The van der Waals surface area contributed by atoms with E-state index >= 15 is 0 Å². The summed E-state index contributed by atoms with van der Waals surface area (Å²) in [6.45, 7) is 5.00. The van der Waals surface area contributed by atoms with Crippen molar-refractivity contribution in [1.29, 1.82) is 0 Å². The number of hydrogen-bond donors (Lipinski definition) is 2. The lowest BCUT2D eigenvalue weighted by atomic mass is 10.0. The van der Waals surface area contributed by atoms with Crippen LogP contribution in [0.3, 0.4) is 0 Å². The van der Waals surface area contributed by atoms with Crippen molar-refractivity contribution in [2.45, 2.75) is 45.6 Å². The number of carboxylic acid groups (broad SMARTS) is 1. The molecule has 1 unspecified atom stereocenters. The van der Waals surface area contributed by atoms with Crippen LogP contribution in [-0.4, -0.2) is 40.9 Å². The van der Waals surface area contributed by atoms with Gasteiger partial charge in [-0.2, -0.15) is 0 Å². The first-order valence-corrected chi connectivity index (χ1v) is 8.90. The Kier molecular flexibility index (Phi) is 9.05. The van der Waals surface area contributed by atoms with Crippen LogP contribution in [0.4, 0.5) is 4.39 Å². The molecule has 0 fully saturated rings. The molecule has 0 aromatic heterocycles. The number of benzene rings is 1. The molecule has 0 bridgehead atoms. The zero-order valence-electron chi connectivity index (χ0n) is 14.9. The molecular weight excluding hydrogens is 363 g/mol. The van der Waals surface area contributed by atoms with E-state index in [1.165, 1.54) is 12.1 Å². The van der Waals surface area contributed by atoms with Gasteiger partial charge in [0.25, 0.3) is 0 Å². The van der Waals surface area contributed by atoms with Gasteiger partial charge in [-0.3, -0.25) is 14.4 Å². The van der Waals surface area contributed by atoms with Gasteiger partial charge >= 0.3 is 5.97 Å². The predicted molar refractivity (Wildman–Crippen MR) is 96.3 cm³/mol. The summed E-state index contributed by atoms with van der Waals surface area (Å²) in [5.74, 6) is -2.22. The molecule has 8 heteroatoms. The normalized spacial score (nSPS) is 11.7. The highest BCUT2D eigenvalue weighted by Gasteiger charge is 2.19. The Labute approximate surface area is 157 Å². The topological polar surface area (TPSA) is 86.7 Å². The van der Waals surface area contributed by atoms with Crippen LogP contribution in [0.15, 0.2) is 18.2 Å². The fourth-order valence-electron chi connectivity index (χ4n) is 2.56. The van der Waals surface area contributed by atoms with Crippen LogP contribution in [0, 0.1) is 5.82 Å². The van der Waals surface area contributed by atoms with E-state index in [0.29, 0.717) is 25.1 Å². The third kappa shape index (κ3) is 7.00. The summed E-state index contributed by atoms with van der Waals surface area (Å²) in [4.78, 5) is 36.7. The van der Waals surface area contributed by atoms with E-state index in [9.17, 15) is 18.8 Å². The van der Waals surface area contributed by atoms with Gasteiger partial charge in [0.05, 0.1) is 17.5 Å². The third-order valence-corrected chi connectivity index (χ3v) is 4.28. The fourth-order valence-corrected chi connectivity index (χ4v) is 2.67. The highest BCUT2D eigenvalue weighted by atomic mass is 35.5. The van der Waals surface area contributed by atoms with Crippen molar-refractivity contribution in [3.8, 4) is 0 Å². The average molecular weight is 387 g/mol. The Bertz CT molecular complexity index is 650. The summed E-state index contributed by atoms with van der Waals surface area (Å²) in [5, 5.41) is 11.5. The lowest BCUT2D eigenvalue weighted by Gasteiger charge is -2.19. The van der Waals surface area contributed by atoms with Crippen molar-refractivity contribution in [3.05, 3.63) is 34.6 Å². The zero-order chi connectivity index (χ0) is 19.7. The molecule has 2 amide bonds. The Morgan fingerprint density at radius 3 is 2.42 bits per heavy atom. The molecule has 1 atom stereocenters. The van der Waals surface area contributed by atoms with Crippen LogP contribution in [0.25, 0.3) is 0 Å².